The maximum Gasteiger partial charge on any atom is 0.133 e. The topological polar surface area (TPSA) is 6.48 Å². The van der Waals surface area contributed by atoms with Crippen LogP contribution in [0.3, 0.4) is 0 Å². The Balaban J connectivity index is 2.02. The van der Waals surface area contributed by atoms with Crippen molar-refractivity contribution >= 4 is 34.4 Å². The first-order valence-electron chi connectivity index (χ1n) is 5.08. The lowest BCUT2D eigenvalue weighted by Crippen LogP contribution is -2.25. The van der Waals surface area contributed by atoms with Crippen LogP contribution in [0.25, 0.3) is 0 Å². The van der Waals surface area contributed by atoms with Crippen molar-refractivity contribution in [3.8, 4) is 0 Å². The van der Waals surface area contributed by atoms with Gasteiger partial charge in [-0.15, -0.1) is 0 Å². The van der Waals surface area contributed by atoms with Gasteiger partial charge in [0, 0.05) is 13.2 Å². The lowest BCUT2D eigenvalue weighted by molar-refractivity contribution is 0.227. The molecule has 0 spiro atoms. The van der Waals surface area contributed by atoms with Crippen LogP contribution >= 0.6 is 34.4 Å². The number of nitrogens with zero attached hydrogens (tertiary/aromatic N) is 2. The van der Waals surface area contributed by atoms with Gasteiger partial charge in [-0.3, -0.25) is 0 Å². The molecule has 0 N–H and O–H groups in total. The Morgan fingerprint density at radius 1 is 1.25 bits per heavy atom. The molecule has 1 unspecified atom stereocenters. The molecule has 3 rings (SSSR count). The predicted molar refractivity (Wildman–Crippen MR) is 76.6 cm³/mol. The van der Waals surface area contributed by atoms with Gasteiger partial charge in [0.05, 0.1) is 0 Å². The molecule has 1 aromatic rings. The largest absolute Gasteiger partial charge is 0.343 e. The highest BCUT2D eigenvalue weighted by Crippen LogP contribution is 2.48. The molecule has 0 amide bonds. The smallest absolute Gasteiger partial charge is 0.133 e. The van der Waals surface area contributed by atoms with E-state index in [1.54, 1.807) is 11.8 Å². The minimum atomic E-state index is 0.314. The van der Waals surface area contributed by atoms with Crippen molar-refractivity contribution < 1.29 is 0 Å². The summed E-state index contributed by atoms with van der Waals surface area (Å²) in [6, 6.07) is 10.6. The van der Waals surface area contributed by atoms with E-state index in [2.05, 4.69) is 81.4 Å². The van der Waals surface area contributed by atoms with E-state index in [4.69, 9.17) is 0 Å². The van der Waals surface area contributed by atoms with Crippen molar-refractivity contribution in [2.45, 2.75) is 6.17 Å². The number of benzene rings is 1. The Bertz CT molecular complexity index is 469. The minimum Gasteiger partial charge on any atom is -0.343 e. The molecule has 2 aliphatic heterocycles. The van der Waals surface area contributed by atoms with Gasteiger partial charge in [-0.2, -0.15) is 0 Å². The maximum absolute atomic E-state index is 2.42. The van der Waals surface area contributed by atoms with Crippen LogP contribution in [-0.2, 0) is 0 Å². The molecule has 0 aliphatic carbocycles. The first-order valence-corrected chi connectivity index (χ1v) is 7.04. The van der Waals surface area contributed by atoms with Gasteiger partial charge in [-0.25, -0.2) is 0 Å². The predicted octanol–water partition coefficient (Wildman–Crippen LogP) is 3.71. The fourth-order valence-corrected chi connectivity index (χ4v) is 3.86. The Kier molecular flexibility index (Phi) is 2.63. The Morgan fingerprint density at radius 2 is 2.00 bits per heavy atom. The number of halogens is 1. The molecule has 2 aliphatic rings. The molecular weight excluding hydrogens is 331 g/mol. The van der Waals surface area contributed by atoms with Gasteiger partial charge in [-0.05, 0) is 33.6 Å². The second kappa shape index (κ2) is 4.00. The number of fused-ring (bicyclic) bond motifs is 1. The fourth-order valence-electron chi connectivity index (χ4n) is 2.09. The third-order valence-corrected chi connectivity index (χ3v) is 5.37. The highest BCUT2D eigenvalue weighted by molar-refractivity contribution is 14.1. The fraction of sp³-hybridized carbons (Fsp3) is 0.167. The van der Waals surface area contributed by atoms with Crippen LogP contribution in [0.5, 0.6) is 0 Å². The summed E-state index contributed by atoms with van der Waals surface area (Å²) in [7, 11) is 2.15. The van der Waals surface area contributed by atoms with Crippen molar-refractivity contribution in [3.05, 3.63) is 56.2 Å². The maximum atomic E-state index is 2.42. The van der Waals surface area contributed by atoms with E-state index < -0.39 is 0 Å². The molecule has 0 saturated heterocycles. The first-order chi connectivity index (χ1) is 7.79. The molecule has 16 heavy (non-hydrogen) atoms. The zero-order valence-corrected chi connectivity index (χ0v) is 11.8. The van der Waals surface area contributed by atoms with Crippen molar-refractivity contribution in [2.24, 2.45) is 0 Å². The molecule has 0 fully saturated rings. The molecule has 0 aromatic heterocycles. The van der Waals surface area contributed by atoms with Gasteiger partial charge in [0.25, 0.3) is 0 Å². The molecule has 4 heteroatoms. The van der Waals surface area contributed by atoms with E-state index in [0.717, 1.165) is 0 Å². The van der Waals surface area contributed by atoms with Crippen LogP contribution < -0.4 is 0 Å². The Morgan fingerprint density at radius 3 is 2.75 bits per heavy atom. The summed E-state index contributed by atoms with van der Waals surface area (Å²) in [5.74, 6) is 0. The van der Waals surface area contributed by atoms with E-state index in [-0.39, 0.29) is 0 Å². The highest BCUT2D eigenvalue weighted by atomic mass is 127. The van der Waals surface area contributed by atoms with E-state index in [0.29, 0.717) is 6.17 Å². The zero-order valence-electron chi connectivity index (χ0n) is 8.80. The molecular formula is C12H11IN2S. The van der Waals surface area contributed by atoms with Crippen molar-refractivity contribution in [1.82, 2.24) is 9.80 Å². The first kappa shape index (κ1) is 10.5. The van der Waals surface area contributed by atoms with E-state index in [9.17, 15) is 0 Å². The standard InChI is InChI=1S/C12H11IN2S/c1-14-10(13)12-15(7-8-16-12)11(14)9-5-3-2-4-6-9/h2-8,11H,1H3. The Labute approximate surface area is 113 Å². The summed E-state index contributed by atoms with van der Waals surface area (Å²) >= 11 is 4.22. The van der Waals surface area contributed by atoms with E-state index in [1.807, 2.05) is 0 Å². The summed E-state index contributed by atoms with van der Waals surface area (Å²) in [5.41, 5.74) is 1.33. The quantitative estimate of drug-likeness (QED) is 0.568. The van der Waals surface area contributed by atoms with Crippen LogP contribution in [0.2, 0.25) is 0 Å². The third-order valence-electron chi connectivity index (χ3n) is 2.85. The molecule has 0 saturated carbocycles. The molecule has 1 aromatic carbocycles. The molecule has 2 heterocycles. The van der Waals surface area contributed by atoms with Gasteiger partial charge < -0.3 is 9.80 Å². The monoisotopic (exact) mass is 342 g/mol. The lowest BCUT2D eigenvalue weighted by atomic mass is 10.1. The van der Waals surface area contributed by atoms with Gasteiger partial charge in [0.2, 0.25) is 0 Å². The van der Waals surface area contributed by atoms with Crippen LogP contribution in [0.4, 0.5) is 0 Å². The summed E-state index contributed by atoms with van der Waals surface area (Å²) in [6.07, 6.45) is 2.48. The van der Waals surface area contributed by atoms with E-state index in [1.165, 1.54) is 14.3 Å². The molecule has 0 bridgehead atoms. The number of thioether (sulfide) groups is 1. The number of hydrogen-bond donors (Lipinski definition) is 0. The minimum absolute atomic E-state index is 0.314. The molecule has 1 atom stereocenters. The van der Waals surface area contributed by atoms with Crippen LogP contribution in [-0.4, -0.2) is 16.8 Å². The average molecular weight is 342 g/mol. The summed E-state index contributed by atoms with van der Waals surface area (Å²) in [4.78, 5) is 4.66. The highest BCUT2D eigenvalue weighted by Gasteiger charge is 2.36. The van der Waals surface area contributed by atoms with Crippen LogP contribution in [0.1, 0.15) is 11.7 Å². The van der Waals surface area contributed by atoms with Gasteiger partial charge in [0.1, 0.15) is 14.9 Å². The summed E-state index contributed by atoms with van der Waals surface area (Å²) in [6.45, 7) is 0. The average Bonchev–Trinajstić information content (AvgIpc) is 2.86. The third kappa shape index (κ3) is 1.47. The zero-order chi connectivity index (χ0) is 11.1. The van der Waals surface area contributed by atoms with E-state index >= 15 is 0 Å². The lowest BCUT2D eigenvalue weighted by Gasteiger charge is -2.28. The number of hydrogen-bond acceptors (Lipinski definition) is 3. The summed E-state index contributed by atoms with van der Waals surface area (Å²) in [5, 5.41) is 3.49. The second-order valence-electron chi connectivity index (χ2n) is 3.80. The summed E-state index contributed by atoms with van der Waals surface area (Å²) < 4.78 is 1.32. The van der Waals surface area contributed by atoms with Gasteiger partial charge >= 0.3 is 0 Å². The SMILES string of the molecule is CN1C(I)=C2SC=CN2C1c1ccccc1. The van der Waals surface area contributed by atoms with Crippen molar-refractivity contribution in [3.63, 3.8) is 0 Å². The van der Waals surface area contributed by atoms with Crippen molar-refractivity contribution in [2.75, 3.05) is 7.05 Å². The van der Waals surface area contributed by atoms with Gasteiger partial charge in [0.15, 0.2) is 0 Å². The Hall–Kier alpha value is -0.620. The normalized spacial score (nSPS) is 23.2. The van der Waals surface area contributed by atoms with Crippen molar-refractivity contribution in [1.29, 1.82) is 0 Å². The molecule has 0 radical (unpaired) electrons. The van der Waals surface area contributed by atoms with Gasteiger partial charge in [-0.1, -0.05) is 42.1 Å². The second-order valence-corrected chi connectivity index (χ2v) is 5.72. The van der Waals surface area contributed by atoms with Crippen LogP contribution in [0, 0.1) is 0 Å². The molecule has 82 valence electrons. The van der Waals surface area contributed by atoms with Crippen LogP contribution in [0.15, 0.2) is 50.7 Å². The molecule has 2 nitrogen and oxygen atoms in total. The number of rotatable bonds is 1.